The lowest BCUT2D eigenvalue weighted by Crippen LogP contribution is -2.47. The van der Waals surface area contributed by atoms with E-state index in [2.05, 4.69) is 15.4 Å². The molecule has 0 unspecified atom stereocenters. The zero-order valence-corrected chi connectivity index (χ0v) is 17.4. The number of carbonyl (C=O) groups is 3. The van der Waals surface area contributed by atoms with E-state index in [9.17, 15) is 14.4 Å². The van der Waals surface area contributed by atoms with Gasteiger partial charge in [-0.1, -0.05) is 53.8 Å². The normalized spacial score (nSPS) is 11.9. The summed E-state index contributed by atoms with van der Waals surface area (Å²) in [6.45, 7) is 1.76. The van der Waals surface area contributed by atoms with Crippen LogP contribution in [0.4, 0.5) is 0 Å². The molecule has 2 heterocycles. The van der Waals surface area contributed by atoms with Crippen molar-refractivity contribution in [3.8, 4) is 5.13 Å². The SMILES string of the molecule is Cc1cc(C(=O)N[C@@H](Cc2ccccc2)C(=O)C(N)=O)n(-c2nc3ccccc3s2)n1. The average molecular weight is 433 g/mol. The molecule has 8 nitrogen and oxygen atoms in total. The number of thiazole rings is 1. The van der Waals surface area contributed by atoms with Crippen LogP contribution in [-0.4, -0.2) is 38.4 Å². The number of hydrogen-bond acceptors (Lipinski definition) is 6. The van der Waals surface area contributed by atoms with Crippen LogP contribution in [0.1, 0.15) is 21.7 Å². The number of nitrogens with one attached hydrogen (secondary N) is 1. The van der Waals surface area contributed by atoms with Crippen LogP contribution in [-0.2, 0) is 16.0 Å². The van der Waals surface area contributed by atoms with Gasteiger partial charge in [0.05, 0.1) is 15.9 Å². The van der Waals surface area contributed by atoms with E-state index in [4.69, 9.17) is 5.73 Å². The number of primary amides is 1. The largest absolute Gasteiger partial charge is 0.363 e. The number of fused-ring (bicyclic) bond motifs is 1. The highest BCUT2D eigenvalue weighted by molar-refractivity contribution is 7.20. The number of para-hydroxylation sites is 1. The average Bonchev–Trinajstić information content (AvgIpc) is 3.36. The van der Waals surface area contributed by atoms with Gasteiger partial charge in [0.2, 0.25) is 10.9 Å². The van der Waals surface area contributed by atoms with Gasteiger partial charge in [-0.25, -0.2) is 9.67 Å². The number of benzene rings is 2. The van der Waals surface area contributed by atoms with Crippen LogP contribution in [0.3, 0.4) is 0 Å². The van der Waals surface area contributed by atoms with Gasteiger partial charge in [0.1, 0.15) is 11.7 Å². The standard InChI is InChI=1S/C22H19N5O3S/c1-13-11-17(27(26-13)22-25-15-9-5-6-10-18(15)31-22)21(30)24-16(19(28)20(23)29)12-14-7-3-2-4-8-14/h2-11,16H,12H2,1H3,(H2,23,29)(H,24,30)/t16-/m0/s1. The highest BCUT2D eigenvalue weighted by atomic mass is 32.1. The summed E-state index contributed by atoms with van der Waals surface area (Å²) in [6, 6.07) is 17.2. The summed E-state index contributed by atoms with van der Waals surface area (Å²) in [5, 5.41) is 7.57. The molecule has 0 bridgehead atoms. The minimum Gasteiger partial charge on any atom is -0.363 e. The van der Waals surface area contributed by atoms with Gasteiger partial charge < -0.3 is 11.1 Å². The lowest BCUT2D eigenvalue weighted by Gasteiger charge is -2.16. The molecule has 9 heteroatoms. The van der Waals surface area contributed by atoms with Crippen molar-refractivity contribution >= 4 is 39.2 Å². The summed E-state index contributed by atoms with van der Waals surface area (Å²) < 4.78 is 2.41. The molecule has 2 aromatic carbocycles. The molecule has 0 spiro atoms. The van der Waals surface area contributed by atoms with Gasteiger partial charge in [-0.3, -0.25) is 14.4 Å². The quantitative estimate of drug-likeness (QED) is 0.433. The van der Waals surface area contributed by atoms with Gasteiger partial charge >= 0.3 is 0 Å². The number of aromatic nitrogens is 3. The van der Waals surface area contributed by atoms with E-state index in [-0.39, 0.29) is 12.1 Å². The first-order valence-corrected chi connectivity index (χ1v) is 10.3. The maximum atomic E-state index is 13.1. The van der Waals surface area contributed by atoms with Crippen molar-refractivity contribution in [1.29, 1.82) is 0 Å². The van der Waals surface area contributed by atoms with Gasteiger partial charge in [-0.05, 0) is 30.7 Å². The molecule has 0 aliphatic carbocycles. The Hall–Kier alpha value is -3.85. The van der Waals surface area contributed by atoms with Crippen LogP contribution in [0.5, 0.6) is 0 Å². The fraction of sp³-hybridized carbons (Fsp3) is 0.136. The van der Waals surface area contributed by atoms with Crippen LogP contribution in [0.15, 0.2) is 60.7 Å². The molecule has 156 valence electrons. The number of rotatable bonds is 7. The predicted octanol–water partition coefficient (Wildman–Crippen LogP) is 2.19. The Labute approximate surface area is 181 Å². The van der Waals surface area contributed by atoms with Crippen molar-refractivity contribution in [3.05, 3.63) is 77.6 Å². The zero-order chi connectivity index (χ0) is 22.0. The number of nitrogens with zero attached hydrogens (tertiary/aromatic N) is 3. The molecule has 31 heavy (non-hydrogen) atoms. The Bertz CT molecular complexity index is 1250. The zero-order valence-electron chi connectivity index (χ0n) is 16.6. The minimum absolute atomic E-state index is 0.141. The first-order chi connectivity index (χ1) is 14.9. The van der Waals surface area contributed by atoms with Crippen LogP contribution < -0.4 is 11.1 Å². The van der Waals surface area contributed by atoms with Crippen molar-refractivity contribution in [3.63, 3.8) is 0 Å². The van der Waals surface area contributed by atoms with Crippen LogP contribution in [0.25, 0.3) is 15.3 Å². The molecule has 2 aromatic heterocycles. The third-order valence-electron chi connectivity index (χ3n) is 4.68. The van der Waals surface area contributed by atoms with E-state index >= 15 is 0 Å². The number of ketones is 1. The second-order valence-electron chi connectivity index (χ2n) is 6.99. The number of hydrogen-bond donors (Lipinski definition) is 2. The number of nitrogens with two attached hydrogens (primary N) is 1. The summed E-state index contributed by atoms with van der Waals surface area (Å²) in [7, 11) is 0. The molecule has 4 aromatic rings. The van der Waals surface area contributed by atoms with E-state index in [0.717, 1.165) is 15.8 Å². The lowest BCUT2D eigenvalue weighted by atomic mass is 10.0. The molecule has 1 atom stereocenters. The fourth-order valence-electron chi connectivity index (χ4n) is 3.22. The third-order valence-corrected chi connectivity index (χ3v) is 5.69. The molecule has 4 rings (SSSR count). The van der Waals surface area contributed by atoms with Crippen LogP contribution in [0, 0.1) is 6.92 Å². The van der Waals surface area contributed by atoms with Gasteiger partial charge in [-0.2, -0.15) is 5.10 Å². The van der Waals surface area contributed by atoms with E-state index in [0.29, 0.717) is 10.8 Å². The molecule has 3 N–H and O–H groups in total. The highest BCUT2D eigenvalue weighted by Gasteiger charge is 2.28. The Kier molecular flexibility index (Phi) is 5.59. The van der Waals surface area contributed by atoms with E-state index in [1.165, 1.54) is 16.0 Å². The van der Waals surface area contributed by atoms with Gasteiger partial charge in [0.15, 0.2) is 0 Å². The second-order valence-corrected chi connectivity index (χ2v) is 8.00. The Morgan fingerprint density at radius 1 is 1.10 bits per heavy atom. The summed E-state index contributed by atoms with van der Waals surface area (Å²) >= 11 is 1.40. The minimum atomic E-state index is -1.10. The van der Waals surface area contributed by atoms with Gasteiger partial charge in [-0.15, -0.1) is 0 Å². The summed E-state index contributed by atoms with van der Waals surface area (Å²) in [4.78, 5) is 41.5. The number of carbonyl (C=O) groups excluding carboxylic acids is 3. The summed E-state index contributed by atoms with van der Waals surface area (Å²) in [5.41, 5.74) is 7.63. The Morgan fingerprint density at radius 2 is 1.81 bits per heavy atom. The smallest absolute Gasteiger partial charge is 0.287 e. The molecular formula is C22H19N5O3S. The number of Topliss-reactive ketones (excluding diaryl/α,β-unsaturated/α-hetero) is 1. The Morgan fingerprint density at radius 3 is 2.52 bits per heavy atom. The number of amides is 2. The molecule has 2 amide bonds. The molecule has 0 aliphatic heterocycles. The van der Waals surface area contributed by atoms with E-state index in [1.54, 1.807) is 13.0 Å². The highest BCUT2D eigenvalue weighted by Crippen LogP contribution is 2.25. The summed E-state index contributed by atoms with van der Waals surface area (Å²) in [5.74, 6) is -2.51. The predicted molar refractivity (Wildman–Crippen MR) is 117 cm³/mol. The molecular weight excluding hydrogens is 414 g/mol. The van der Waals surface area contributed by atoms with Crippen LogP contribution in [0.2, 0.25) is 0 Å². The first-order valence-electron chi connectivity index (χ1n) is 9.53. The van der Waals surface area contributed by atoms with Gasteiger partial charge in [0.25, 0.3) is 11.8 Å². The molecule has 0 radical (unpaired) electrons. The maximum absolute atomic E-state index is 13.1. The van der Waals surface area contributed by atoms with E-state index < -0.39 is 23.6 Å². The van der Waals surface area contributed by atoms with Gasteiger partial charge in [0, 0.05) is 6.42 Å². The fourth-order valence-corrected chi connectivity index (χ4v) is 4.15. The van der Waals surface area contributed by atoms with Crippen molar-refractivity contribution < 1.29 is 14.4 Å². The van der Waals surface area contributed by atoms with Crippen molar-refractivity contribution in [1.82, 2.24) is 20.1 Å². The molecule has 0 saturated heterocycles. The monoisotopic (exact) mass is 433 g/mol. The number of aryl methyl sites for hydroxylation is 1. The second kappa shape index (κ2) is 8.49. The summed E-state index contributed by atoms with van der Waals surface area (Å²) in [6.07, 6.45) is 0.141. The molecule has 0 fully saturated rings. The third kappa shape index (κ3) is 4.36. The van der Waals surface area contributed by atoms with Crippen molar-refractivity contribution in [2.24, 2.45) is 5.73 Å². The van der Waals surface area contributed by atoms with Crippen molar-refractivity contribution in [2.45, 2.75) is 19.4 Å². The Balaban J connectivity index is 1.65. The topological polar surface area (TPSA) is 120 Å². The van der Waals surface area contributed by atoms with Crippen LogP contribution >= 0.6 is 11.3 Å². The molecule has 0 saturated carbocycles. The molecule has 0 aliphatic rings. The first kappa shape index (κ1) is 20.4. The van der Waals surface area contributed by atoms with Crippen molar-refractivity contribution in [2.75, 3.05) is 0 Å². The van der Waals surface area contributed by atoms with E-state index in [1.807, 2.05) is 54.6 Å². The lowest BCUT2D eigenvalue weighted by molar-refractivity contribution is -0.137. The maximum Gasteiger partial charge on any atom is 0.287 e.